The molecule has 0 saturated heterocycles. The third kappa shape index (κ3) is 5.84. The van der Waals surface area contributed by atoms with Crippen molar-refractivity contribution in [3.8, 4) is 5.75 Å². The van der Waals surface area contributed by atoms with E-state index in [-0.39, 0.29) is 18.4 Å². The highest BCUT2D eigenvalue weighted by Gasteiger charge is 2.16. The number of aryl methyl sites for hydroxylation is 4. The molecule has 0 radical (unpaired) electrons. The second kappa shape index (κ2) is 9.21. The first-order chi connectivity index (χ1) is 12.8. The van der Waals surface area contributed by atoms with Gasteiger partial charge in [-0.3, -0.25) is 9.59 Å². The molecular formula is C22H28N2O3. The summed E-state index contributed by atoms with van der Waals surface area (Å²) < 4.78 is 5.47. The van der Waals surface area contributed by atoms with Gasteiger partial charge in [-0.25, -0.2) is 0 Å². The number of benzene rings is 2. The highest BCUT2D eigenvalue weighted by Crippen LogP contribution is 2.26. The molecule has 2 aromatic rings. The van der Waals surface area contributed by atoms with Gasteiger partial charge in [-0.1, -0.05) is 35.4 Å². The Kier molecular flexibility index (Phi) is 6.99. The molecule has 0 fully saturated rings. The van der Waals surface area contributed by atoms with Crippen molar-refractivity contribution in [3.63, 3.8) is 0 Å². The second-order valence-electron chi connectivity index (χ2n) is 6.87. The highest BCUT2D eigenvalue weighted by molar-refractivity contribution is 5.93. The number of hydrogen-bond acceptors (Lipinski definition) is 3. The predicted octanol–water partition coefficient (Wildman–Crippen LogP) is 3.47. The number of carbonyl (C=O) groups is 2. The Hall–Kier alpha value is -2.82. The fourth-order valence-corrected chi connectivity index (χ4v) is 3.17. The number of nitrogens with zero attached hydrogens (tertiary/aromatic N) is 1. The van der Waals surface area contributed by atoms with Gasteiger partial charge in [0.1, 0.15) is 5.75 Å². The van der Waals surface area contributed by atoms with E-state index in [0.717, 1.165) is 22.4 Å². The maximum absolute atomic E-state index is 12.1. The maximum atomic E-state index is 12.1. The van der Waals surface area contributed by atoms with Crippen LogP contribution in [0.15, 0.2) is 36.4 Å². The first kappa shape index (κ1) is 20.5. The van der Waals surface area contributed by atoms with Crippen LogP contribution in [0.1, 0.15) is 29.2 Å². The normalized spacial score (nSPS) is 10.4. The summed E-state index contributed by atoms with van der Waals surface area (Å²) >= 11 is 0. The van der Waals surface area contributed by atoms with Gasteiger partial charge in [0, 0.05) is 25.7 Å². The zero-order chi connectivity index (χ0) is 20.0. The van der Waals surface area contributed by atoms with E-state index >= 15 is 0 Å². The van der Waals surface area contributed by atoms with Crippen LogP contribution in [0.3, 0.4) is 0 Å². The summed E-state index contributed by atoms with van der Waals surface area (Å²) in [6, 6.07) is 11.7. The molecule has 2 amide bonds. The summed E-state index contributed by atoms with van der Waals surface area (Å²) in [5, 5.41) is 2.81. The van der Waals surface area contributed by atoms with E-state index in [1.165, 1.54) is 5.56 Å². The molecule has 0 aliphatic heterocycles. The smallest absolute Gasteiger partial charge is 0.258 e. The minimum Gasteiger partial charge on any atom is -0.484 e. The predicted molar refractivity (Wildman–Crippen MR) is 108 cm³/mol. The fraction of sp³-hybridized carbons (Fsp3) is 0.364. The Morgan fingerprint density at radius 2 is 1.56 bits per heavy atom. The molecule has 0 bridgehead atoms. The lowest BCUT2D eigenvalue weighted by Gasteiger charge is -2.25. The van der Waals surface area contributed by atoms with Gasteiger partial charge in [-0.15, -0.1) is 0 Å². The van der Waals surface area contributed by atoms with Gasteiger partial charge in [0.05, 0.1) is 0 Å². The average molecular weight is 368 g/mol. The van der Waals surface area contributed by atoms with E-state index in [4.69, 9.17) is 4.74 Å². The van der Waals surface area contributed by atoms with Gasteiger partial charge in [-0.2, -0.15) is 0 Å². The molecule has 5 heteroatoms. The molecule has 0 aliphatic rings. The van der Waals surface area contributed by atoms with Crippen molar-refractivity contribution in [2.24, 2.45) is 0 Å². The maximum Gasteiger partial charge on any atom is 0.258 e. The molecule has 0 aromatic heterocycles. The van der Waals surface area contributed by atoms with E-state index < -0.39 is 0 Å². The van der Waals surface area contributed by atoms with Crippen LogP contribution in [0, 0.1) is 27.7 Å². The third-order valence-corrected chi connectivity index (χ3v) is 4.33. The lowest BCUT2D eigenvalue weighted by molar-refractivity contribution is -0.123. The number of amides is 2. The third-order valence-electron chi connectivity index (χ3n) is 4.33. The minimum atomic E-state index is -0.212. The zero-order valence-corrected chi connectivity index (χ0v) is 16.8. The Bertz CT molecular complexity index is 790. The van der Waals surface area contributed by atoms with E-state index in [1.807, 2.05) is 52.0 Å². The van der Waals surface area contributed by atoms with Gasteiger partial charge < -0.3 is 15.0 Å². The molecule has 0 aliphatic carbocycles. The first-order valence-electron chi connectivity index (χ1n) is 9.10. The van der Waals surface area contributed by atoms with Crippen LogP contribution in [0.4, 0.5) is 5.69 Å². The first-order valence-corrected chi connectivity index (χ1v) is 9.10. The zero-order valence-electron chi connectivity index (χ0n) is 16.8. The highest BCUT2D eigenvalue weighted by atomic mass is 16.5. The number of carbonyl (C=O) groups excluding carboxylic acids is 2. The lowest BCUT2D eigenvalue weighted by Crippen LogP contribution is -2.39. The van der Waals surface area contributed by atoms with Crippen LogP contribution in [0.5, 0.6) is 5.75 Å². The van der Waals surface area contributed by atoms with Gasteiger partial charge in [0.2, 0.25) is 5.91 Å². The summed E-state index contributed by atoms with van der Waals surface area (Å²) in [6.45, 7) is 10.3. The van der Waals surface area contributed by atoms with Crippen LogP contribution >= 0.6 is 0 Å². The summed E-state index contributed by atoms with van der Waals surface area (Å²) in [6.07, 6.45) is 0. The monoisotopic (exact) mass is 368 g/mol. The average Bonchev–Trinajstić information content (AvgIpc) is 2.59. The number of hydrogen-bond donors (Lipinski definition) is 1. The minimum absolute atomic E-state index is 0.0461. The number of anilines is 1. The summed E-state index contributed by atoms with van der Waals surface area (Å²) in [4.78, 5) is 25.9. The van der Waals surface area contributed by atoms with E-state index in [9.17, 15) is 9.59 Å². The number of nitrogens with one attached hydrogen (secondary N) is 1. The number of ether oxygens (including phenoxy) is 1. The second-order valence-corrected chi connectivity index (χ2v) is 6.87. The number of rotatable bonds is 7. The Morgan fingerprint density at radius 1 is 0.963 bits per heavy atom. The van der Waals surface area contributed by atoms with Crippen molar-refractivity contribution >= 4 is 17.5 Å². The molecule has 144 valence electrons. The van der Waals surface area contributed by atoms with E-state index in [0.29, 0.717) is 18.8 Å². The molecule has 0 saturated carbocycles. The van der Waals surface area contributed by atoms with Crippen LogP contribution in [-0.4, -0.2) is 31.5 Å². The molecule has 0 heterocycles. The Labute approximate surface area is 161 Å². The van der Waals surface area contributed by atoms with Crippen LogP contribution in [0.2, 0.25) is 0 Å². The molecule has 2 rings (SSSR count). The van der Waals surface area contributed by atoms with Crippen LogP contribution in [-0.2, 0) is 9.59 Å². The topological polar surface area (TPSA) is 58.6 Å². The quantitative estimate of drug-likeness (QED) is 0.814. The van der Waals surface area contributed by atoms with Crippen molar-refractivity contribution in [2.45, 2.75) is 34.6 Å². The van der Waals surface area contributed by atoms with Crippen LogP contribution in [0.25, 0.3) is 0 Å². The van der Waals surface area contributed by atoms with E-state index in [2.05, 4.69) is 17.4 Å². The van der Waals surface area contributed by atoms with Gasteiger partial charge in [0.25, 0.3) is 5.91 Å². The standard InChI is InChI=1S/C22H28N2O3/c1-15-6-8-20(9-7-15)27-14-21(26)23-10-11-24(19(5)25)22-17(3)12-16(2)13-18(22)4/h6-9,12-13H,10-11,14H2,1-5H3,(H,23,26). The molecule has 1 N–H and O–H groups in total. The van der Waals surface area contributed by atoms with Crippen molar-refractivity contribution in [1.29, 1.82) is 0 Å². The summed E-state index contributed by atoms with van der Waals surface area (Å²) in [7, 11) is 0. The van der Waals surface area contributed by atoms with Gasteiger partial charge >= 0.3 is 0 Å². The van der Waals surface area contributed by atoms with Crippen molar-refractivity contribution in [2.75, 3.05) is 24.6 Å². The molecule has 27 heavy (non-hydrogen) atoms. The molecule has 2 aromatic carbocycles. The van der Waals surface area contributed by atoms with Gasteiger partial charge in [-0.05, 0) is 51.0 Å². The van der Waals surface area contributed by atoms with Crippen molar-refractivity contribution < 1.29 is 14.3 Å². The summed E-state index contributed by atoms with van der Waals surface area (Å²) in [5.74, 6) is 0.402. The van der Waals surface area contributed by atoms with Crippen molar-refractivity contribution in [1.82, 2.24) is 5.32 Å². The Balaban J connectivity index is 1.90. The fourth-order valence-electron chi connectivity index (χ4n) is 3.17. The molecule has 0 spiro atoms. The van der Waals surface area contributed by atoms with Crippen LogP contribution < -0.4 is 15.0 Å². The van der Waals surface area contributed by atoms with E-state index in [1.54, 1.807) is 11.8 Å². The molecule has 5 nitrogen and oxygen atoms in total. The summed E-state index contributed by atoms with van der Waals surface area (Å²) in [5.41, 5.74) is 5.32. The lowest BCUT2D eigenvalue weighted by atomic mass is 10.0. The molecule has 0 unspecified atom stereocenters. The van der Waals surface area contributed by atoms with Gasteiger partial charge in [0.15, 0.2) is 6.61 Å². The molecular weight excluding hydrogens is 340 g/mol. The SMILES string of the molecule is CC(=O)N(CCNC(=O)COc1ccc(C)cc1)c1c(C)cc(C)cc1C. The Morgan fingerprint density at radius 3 is 2.11 bits per heavy atom. The van der Waals surface area contributed by atoms with Crippen molar-refractivity contribution in [3.05, 3.63) is 58.7 Å². The largest absolute Gasteiger partial charge is 0.484 e. The molecule has 0 atom stereocenters.